The number of nitrogens with two attached hydrogens (primary N) is 1. The fourth-order valence-corrected chi connectivity index (χ4v) is 1.84. The molecule has 6 heteroatoms. The number of carbonyl (C=O) groups excluding carboxylic acids is 1. The molecule has 0 bridgehead atoms. The molecule has 1 atom stereocenters. The van der Waals surface area contributed by atoms with E-state index in [0.29, 0.717) is 25.2 Å². The van der Waals surface area contributed by atoms with E-state index in [0.717, 1.165) is 11.1 Å². The van der Waals surface area contributed by atoms with Crippen molar-refractivity contribution in [1.29, 1.82) is 0 Å². The number of hydrogen-bond donors (Lipinski definition) is 4. The third-order valence-corrected chi connectivity index (χ3v) is 3.25. The number of carboxylic acid groups (broad SMARTS) is 1. The fraction of sp³-hybridized carbons (Fsp3) is 0.467. The van der Waals surface area contributed by atoms with Crippen LogP contribution in [0.2, 0.25) is 0 Å². The van der Waals surface area contributed by atoms with Crippen LogP contribution < -0.4 is 16.4 Å². The average molecular weight is 293 g/mol. The fourth-order valence-electron chi connectivity index (χ4n) is 1.84. The molecule has 0 aromatic heterocycles. The second-order valence-corrected chi connectivity index (χ2v) is 5.04. The van der Waals surface area contributed by atoms with Gasteiger partial charge in [0.2, 0.25) is 5.91 Å². The topological polar surface area (TPSA) is 104 Å². The second-order valence-electron chi connectivity index (χ2n) is 5.04. The molecular formula is C15H23N3O3. The molecule has 116 valence electrons. The lowest BCUT2D eigenvalue weighted by Gasteiger charge is -2.14. The zero-order chi connectivity index (χ0) is 15.8. The predicted molar refractivity (Wildman–Crippen MR) is 82.3 cm³/mol. The van der Waals surface area contributed by atoms with Crippen LogP contribution in [-0.4, -0.2) is 36.1 Å². The first kappa shape index (κ1) is 17.1. The summed E-state index contributed by atoms with van der Waals surface area (Å²) in [4.78, 5) is 23.0. The van der Waals surface area contributed by atoms with Gasteiger partial charge in [-0.1, -0.05) is 6.07 Å². The molecule has 0 spiro atoms. The molecule has 0 aliphatic heterocycles. The van der Waals surface area contributed by atoms with Crippen LogP contribution in [0.3, 0.4) is 0 Å². The van der Waals surface area contributed by atoms with E-state index in [1.54, 1.807) is 6.07 Å². The van der Waals surface area contributed by atoms with Crippen molar-refractivity contribution < 1.29 is 14.7 Å². The summed E-state index contributed by atoms with van der Waals surface area (Å²) in [6.45, 7) is 4.90. The number of aliphatic carboxylic acids is 1. The highest BCUT2D eigenvalue weighted by Crippen LogP contribution is 2.14. The van der Waals surface area contributed by atoms with Crippen molar-refractivity contribution in [2.75, 3.05) is 18.4 Å². The molecule has 0 saturated carbocycles. The zero-order valence-electron chi connectivity index (χ0n) is 12.5. The monoisotopic (exact) mass is 293 g/mol. The van der Waals surface area contributed by atoms with Crippen molar-refractivity contribution in [1.82, 2.24) is 5.32 Å². The molecule has 0 radical (unpaired) electrons. The molecule has 0 unspecified atom stereocenters. The van der Waals surface area contributed by atoms with E-state index in [4.69, 9.17) is 10.8 Å². The Bertz CT molecular complexity index is 503. The van der Waals surface area contributed by atoms with E-state index in [2.05, 4.69) is 10.6 Å². The summed E-state index contributed by atoms with van der Waals surface area (Å²) in [6.07, 6.45) is 0.551. The molecule has 21 heavy (non-hydrogen) atoms. The first-order valence-electron chi connectivity index (χ1n) is 6.97. The average Bonchev–Trinajstić information content (AvgIpc) is 2.42. The van der Waals surface area contributed by atoms with Crippen LogP contribution in [0.5, 0.6) is 0 Å². The maximum atomic E-state index is 11.9. The van der Waals surface area contributed by atoms with Crippen molar-refractivity contribution in [3.05, 3.63) is 29.3 Å². The summed E-state index contributed by atoms with van der Waals surface area (Å²) in [5, 5.41) is 14.6. The highest BCUT2D eigenvalue weighted by Gasteiger charge is 2.20. The Hall–Kier alpha value is -1.92. The summed E-state index contributed by atoms with van der Waals surface area (Å²) in [6, 6.07) is 4.69. The molecule has 1 aromatic carbocycles. The van der Waals surface area contributed by atoms with Gasteiger partial charge >= 0.3 is 5.97 Å². The Morgan fingerprint density at radius 3 is 2.57 bits per heavy atom. The summed E-state index contributed by atoms with van der Waals surface area (Å²) in [5.41, 5.74) is 8.24. The lowest BCUT2D eigenvalue weighted by atomic mass is 10.1. The van der Waals surface area contributed by atoms with Crippen LogP contribution in [0, 0.1) is 13.8 Å². The van der Waals surface area contributed by atoms with Gasteiger partial charge in [0.15, 0.2) is 0 Å². The highest BCUT2D eigenvalue weighted by atomic mass is 16.4. The summed E-state index contributed by atoms with van der Waals surface area (Å²) < 4.78 is 0. The SMILES string of the molecule is Cc1ccc(NC(=O)C[C@@H](NCCCN)C(=O)O)cc1C. The summed E-state index contributed by atoms with van der Waals surface area (Å²) in [7, 11) is 0. The van der Waals surface area contributed by atoms with Gasteiger partial charge in [-0.25, -0.2) is 0 Å². The predicted octanol–water partition coefficient (Wildman–Crippen LogP) is 1.02. The number of hydrogen-bond acceptors (Lipinski definition) is 4. The molecule has 0 fully saturated rings. The number of aryl methyl sites for hydroxylation is 2. The first-order chi connectivity index (χ1) is 9.93. The molecule has 6 nitrogen and oxygen atoms in total. The lowest BCUT2D eigenvalue weighted by molar-refractivity contribution is -0.141. The van der Waals surface area contributed by atoms with Crippen LogP contribution in [-0.2, 0) is 9.59 Å². The van der Waals surface area contributed by atoms with E-state index in [9.17, 15) is 9.59 Å². The standard InChI is InChI=1S/C15H23N3O3/c1-10-4-5-12(8-11(10)2)18-14(19)9-13(15(20)21)17-7-3-6-16/h4-5,8,13,17H,3,6-7,9,16H2,1-2H3,(H,18,19)(H,20,21)/t13-/m1/s1. The molecule has 0 heterocycles. The number of nitrogens with one attached hydrogen (secondary N) is 2. The van der Waals surface area contributed by atoms with Gasteiger partial charge in [0.1, 0.15) is 6.04 Å². The Labute approximate surface area is 124 Å². The third-order valence-electron chi connectivity index (χ3n) is 3.25. The third kappa shape index (κ3) is 5.93. The smallest absolute Gasteiger partial charge is 0.321 e. The lowest BCUT2D eigenvalue weighted by Crippen LogP contribution is -2.40. The Kier molecular flexibility index (Phi) is 6.84. The van der Waals surface area contributed by atoms with E-state index in [-0.39, 0.29) is 12.3 Å². The van der Waals surface area contributed by atoms with Crippen molar-refractivity contribution in [3.63, 3.8) is 0 Å². The Balaban J connectivity index is 2.56. The largest absolute Gasteiger partial charge is 0.480 e. The molecule has 1 aromatic rings. The van der Waals surface area contributed by atoms with Crippen LogP contribution >= 0.6 is 0 Å². The van der Waals surface area contributed by atoms with Gasteiger partial charge in [0.05, 0.1) is 6.42 Å². The number of carboxylic acids is 1. The van der Waals surface area contributed by atoms with E-state index < -0.39 is 12.0 Å². The summed E-state index contributed by atoms with van der Waals surface area (Å²) >= 11 is 0. The van der Waals surface area contributed by atoms with Gasteiger partial charge in [-0.2, -0.15) is 0 Å². The normalized spacial score (nSPS) is 12.0. The molecule has 1 rings (SSSR count). The van der Waals surface area contributed by atoms with Gasteiger partial charge < -0.3 is 21.5 Å². The highest BCUT2D eigenvalue weighted by molar-refractivity contribution is 5.94. The summed E-state index contributed by atoms with van der Waals surface area (Å²) in [5.74, 6) is -1.37. The number of anilines is 1. The minimum absolute atomic E-state index is 0.118. The van der Waals surface area contributed by atoms with Gasteiger partial charge in [-0.15, -0.1) is 0 Å². The Morgan fingerprint density at radius 2 is 2.00 bits per heavy atom. The van der Waals surface area contributed by atoms with Gasteiger partial charge in [0.25, 0.3) is 0 Å². The van der Waals surface area contributed by atoms with E-state index in [1.807, 2.05) is 26.0 Å². The number of benzene rings is 1. The Morgan fingerprint density at radius 1 is 1.29 bits per heavy atom. The van der Waals surface area contributed by atoms with Crippen molar-refractivity contribution in [2.24, 2.45) is 5.73 Å². The van der Waals surface area contributed by atoms with Crippen molar-refractivity contribution in [2.45, 2.75) is 32.7 Å². The molecule has 0 aliphatic rings. The maximum Gasteiger partial charge on any atom is 0.321 e. The molecule has 1 amide bonds. The van der Waals surface area contributed by atoms with Gasteiger partial charge in [-0.3, -0.25) is 9.59 Å². The number of amides is 1. The van der Waals surface area contributed by atoms with Crippen molar-refractivity contribution in [3.8, 4) is 0 Å². The number of rotatable bonds is 8. The molecular weight excluding hydrogens is 270 g/mol. The maximum absolute atomic E-state index is 11.9. The van der Waals surface area contributed by atoms with Gasteiger partial charge in [0, 0.05) is 5.69 Å². The van der Waals surface area contributed by atoms with Crippen LogP contribution in [0.4, 0.5) is 5.69 Å². The molecule has 0 aliphatic carbocycles. The van der Waals surface area contributed by atoms with E-state index >= 15 is 0 Å². The van der Waals surface area contributed by atoms with Crippen LogP contribution in [0.1, 0.15) is 24.0 Å². The quantitative estimate of drug-likeness (QED) is 0.536. The molecule has 0 saturated heterocycles. The van der Waals surface area contributed by atoms with Gasteiger partial charge in [-0.05, 0) is 56.6 Å². The minimum Gasteiger partial charge on any atom is -0.480 e. The van der Waals surface area contributed by atoms with Crippen LogP contribution in [0.25, 0.3) is 0 Å². The first-order valence-corrected chi connectivity index (χ1v) is 6.97. The zero-order valence-corrected chi connectivity index (χ0v) is 12.5. The second kappa shape index (κ2) is 8.39. The van der Waals surface area contributed by atoms with Crippen LogP contribution in [0.15, 0.2) is 18.2 Å². The van der Waals surface area contributed by atoms with E-state index in [1.165, 1.54) is 0 Å². The van der Waals surface area contributed by atoms with Crippen molar-refractivity contribution >= 4 is 17.6 Å². The number of carbonyl (C=O) groups is 2. The molecule has 5 N–H and O–H groups in total. The minimum atomic E-state index is -1.04.